The van der Waals surface area contributed by atoms with Crippen molar-refractivity contribution in [3.05, 3.63) is 28.8 Å². The monoisotopic (exact) mass is 383 g/mol. The van der Waals surface area contributed by atoms with Crippen LogP contribution in [0, 0.1) is 0 Å². The van der Waals surface area contributed by atoms with E-state index < -0.39 is 12.0 Å². The number of carboxylic acids is 1. The fourth-order valence-corrected chi connectivity index (χ4v) is 3.32. The second kappa shape index (κ2) is 11.8. The number of fused-ring (bicyclic) bond motifs is 1. The van der Waals surface area contributed by atoms with E-state index in [1.165, 1.54) is 11.1 Å². The van der Waals surface area contributed by atoms with Gasteiger partial charge in [0.05, 0.1) is 13.0 Å². The van der Waals surface area contributed by atoms with Crippen molar-refractivity contribution in [1.29, 1.82) is 0 Å². The summed E-state index contributed by atoms with van der Waals surface area (Å²) in [4.78, 5) is 21.6. The van der Waals surface area contributed by atoms with Crippen LogP contribution in [-0.4, -0.2) is 46.8 Å². The van der Waals surface area contributed by atoms with Crippen LogP contribution in [0.1, 0.15) is 42.9 Å². The zero-order valence-electron chi connectivity index (χ0n) is 15.5. The maximum Gasteiger partial charge on any atom is 0.320 e. The highest BCUT2D eigenvalue weighted by atomic mass is 32.2. The van der Waals surface area contributed by atoms with E-state index in [-0.39, 0.29) is 18.1 Å². The summed E-state index contributed by atoms with van der Waals surface area (Å²) in [7, 11) is 0. The van der Waals surface area contributed by atoms with Crippen molar-refractivity contribution in [3.8, 4) is 5.75 Å². The van der Waals surface area contributed by atoms with E-state index in [0.717, 1.165) is 37.0 Å². The molecule has 1 aromatic rings. The van der Waals surface area contributed by atoms with Gasteiger partial charge >= 0.3 is 11.9 Å². The molecule has 0 bridgehead atoms. The van der Waals surface area contributed by atoms with E-state index in [2.05, 4.69) is 0 Å². The molecule has 0 amide bonds. The van der Waals surface area contributed by atoms with Crippen LogP contribution in [0.4, 0.5) is 0 Å². The van der Waals surface area contributed by atoms with Crippen molar-refractivity contribution >= 4 is 23.7 Å². The van der Waals surface area contributed by atoms with Gasteiger partial charge in [-0.05, 0) is 79.9 Å². The second-order valence-electron chi connectivity index (χ2n) is 6.16. The molecule has 0 radical (unpaired) electrons. The number of aryl methyl sites for hydroxylation is 1. The lowest BCUT2D eigenvalue weighted by molar-refractivity contribution is -0.142. The van der Waals surface area contributed by atoms with Crippen molar-refractivity contribution in [1.82, 2.24) is 0 Å². The van der Waals surface area contributed by atoms with E-state index in [4.69, 9.17) is 15.6 Å². The first-order valence-corrected chi connectivity index (χ1v) is 10.2. The third-order valence-electron chi connectivity index (χ3n) is 4.13. The number of benzene rings is 1. The quantitative estimate of drug-likeness (QED) is 0.621. The number of carboxylic acid groups (broad SMARTS) is 1. The zero-order chi connectivity index (χ0) is 19.5. The number of ether oxygens (including phenoxy) is 1. The lowest BCUT2D eigenvalue weighted by Crippen LogP contribution is -2.30. The van der Waals surface area contributed by atoms with Gasteiger partial charge in [0, 0.05) is 0 Å². The Kier molecular flexibility index (Phi) is 10.1. The van der Waals surface area contributed by atoms with Gasteiger partial charge in [0.15, 0.2) is 0 Å². The first kappa shape index (κ1) is 22.3. The molecule has 2 rings (SSSR count). The van der Waals surface area contributed by atoms with Crippen LogP contribution in [0.5, 0.6) is 5.75 Å². The molecule has 1 aliphatic rings. The largest absolute Gasteiger partial charge is 0.508 e. The minimum absolute atomic E-state index is 0.217. The predicted octanol–water partition coefficient (Wildman–Crippen LogP) is 2.53. The summed E-state index contributed by atoms with van der Waals surface area (Å²) in [5.41, 5.74) is 8.55. The Morgan fingerprint density at radius 2 is 2.00 bits per heavy atom. The zero-order valence-corrected chi connectivity index (χ0v) is 16.3. The Hall–Kier alpha value is -1.73. The Morgan fingerprint density at radius 3 is 2.62 bits per heavy atom. The molecule has 146 valence electrons. The topological polar surface area (TPSA) is 110 Å². The lowest BCUT2D eigenvalue weighted by atomic mass is 9.87. The standard InChI is InChI=1S/C14H18O3.C5H11NO2S/c1-2-17-14(16)9-11-8-12(15)7-10-5-3-4-6-13(10)11;1-9-3-2-4(6)5(7)8/h7-8,15H,2-6,9H2,1H3;4H,2-3,6H2,1H3,(H,7,8). The average molecular weight is 384 g/mol. The van der Waals surface area contributed by atoms with E-state index in [9.17, 15) is 14.7 Å². The van der Waals surface area contributed by atoms with E-state index in [1.807, 2.05) is 12.3 Å². The van der Waals surface area contributed by atoms with Gasteiger partial charge < -0.3 is 20.7 Å². The molecular weight excluding hydrogens is 354 g/mol. The average Bonchev–Trinajstić information content (AvgIpc) is 2.60. The fourth-order valence-electron chi connectivity index (χ4n) is 2.83. The van der Waals surface area contributed by atoms with Crippen molar-refractivity contribution in [3.63, 3.8) is 0 Å². The fraction of sp³-hybridized carbons (Fsp3) is 0.579. The molecule has 0 saturated heterocycles. The van der Waals surface area contributed by atoms with Crippen LogP contribution >= 0.6 is 11.8 Å². The molecule has 4 N–H and O–H groups in total. The molecule has 1 unspecified atom stereocenters. The van der Waals surface area contributed by atoms with Gasteiger partial charge in [-0.2, -0.15) is 11.8 Å². The number of hydrogen-bond donors (Lipinski definition) is 3. The van der Waals surface area contributed by atoms with Crippen LogP contribution in [0.3, 0.4) is 0 Å². The van der Waals surface area contributed by atoms with Gasteiger partial charge in [-0.3, -0.25) is 9.59 Å². The van der Waals surface area contributed by atoms with Gasteiger partial charge in [0.2, 0.25) is 0 Å². The number of hydrogen-bond acceptors (Lipinski definition) is 6. The summed E-state index contributed by atoms with van der Waals surface area (Å²) in [5.74, 6) is -0.0622. The highest BCUT2D eigenvalue weighted by Crippen LogP contribution is 2.29. The second-order valence-corrected chi connectivity index (χ2v) is 7.14. The van der Waals surface area contributed by atoms with Crippen molar-refractivity contribution in [2.75, 3.05) is 18.6 Å². The van der Waals surface area contributed by atoms with Crippen LogP contribution in [0.15, 0.2) is 12.1 Å². The van der Waals surface area contributed by atoms with Crippen LogP contribution in [0.2, 0.25) is 0 Å². The Bertz CT molecular complexity index is 606. The number of phenols is 1. The lowest BCUT2D eigenvalue weighted by Gasteiger charge is -2.19. The number of phenolic OH excluding ortho intramolecular Hbond substituents is 1. The molecular formula is C19H29NO5S. The molecule has 1 atom stereocenters. The number of esters is 1. The number of rotatable bonds is 7. The van der Waals surface area contributed by atoms with Crippen LogP contribution < -0.4 is 5.73 Å². The third kappa shape index (κ3) is 7.66. The minimum atomic E-state index is -0.913. The maximum absolute atomic E-state index is 11.5. The molecule has 0 aliphatic heterocycles. The van der Waals surface area contributed by atoms with E-state index in [0.29, 0.717) is 13.0 Å². The molecule has 0 heterocycles. The normalized spacial score (nSPS) is 13.8. The van der Waals surface area contributed by atoms with Crippen LogP contribution in [-0.2, 0) is 33.6 Å². The molecule has 0 fully saturated rings. The molecule has 0 saturated carbocycles. The van der Waals surface area contributed by atoms with Crippen LogP contribution in [0.25, 0.3) is 0 Å². The highest BCUT2D eigenvalue weighted by Gasteiger charge is 2.17. The Morgan fingerprint density at radius 1 is 1.31 bits per heavy atom. The minimum Gasteiger partial charge on any atom is -0.508 e. The summed E-state index contributed by atoms with van der Waals surface area (Å²) in [6, 6.07) is 2.84. The summed E-state index contributed by atoms with van der Waals surface area (Å²) < 4.78 is 4.96. The number of thioether (sulfide) groups is 1. The number of nitrogens with two attached hydrogens (primary N) is 1. The molecule has 0 aromatic heterocycles. The SMILES string of the molecule is CCOC(=O)Cc1cc(O)cc2c1CCCC2.CSCCC(N)C(=O)O. The van der Waals surface area contributed by atoms with Gasteiger partial charge in [0.1, 0.15) is 11.8 Å². The molecule has 1 aromatic carbocycles. The summed E-state index contributed by atoms with van der Waals surface area (Å²) >= 11 is 1.60. The molecule has 6 nitrogen and oxygen atoms in total. The van der Waals surface area contributed by atoms with E-state index >= 15 is 0 Å². The number of aromatic hydroxyl groups is 1. The van der Waals surface area contributed by atoms with Crippen molar-refractivity contribution in [2.24, 2.45) is 5.73 Å². The Balaban J connectivity index is 0.000000321. The molecule has 1 aliphatic carbocycles. The summed E-state index contributed by atoms with van der Waals surface area (Å²) in [6.07, 6.45) is 7.07. The summed E-state index contributed by atoms with van der Waals surface area (Å²) in [6.45, 7) is 2.20. The Labute approximate surface area is 159 Å². The first-order valence-electron chi connectivity index (χ1n) is 8.85. The van der Waals surface area contributed by atoms with E-state index in [1.54, 1.807) is 24.8 Å². The smallest absolute Gasteiger partial charge is 0.320 e. The van der Waals surface area contributed by atoms with Crippen molar-refractivity contribution in [2.45, 2.75) is 51.5 Å². The molecule has 0 spiro atoms. The maximum atomic E-state index is 11.5. The van der Waals surface area contributed by atoms with Crippen molar-refractivity contribution < 1.29 is 24.5 Å². The predicted molar refractivity (Wildman–Crippen MR) is 104 cm³/mol. The van der Waals surface area contributed by atoms with Gasteiger partial charge in [-0.15, -0.1) is 0 Å². The first-order chi connectivity index (χ1) is 12.4. The van der Waals surface area contributed by atoms with Gasteiger partial charge in [-0.25, -0.2) is 0 Å². The third-order valence-corrected chi connectivity index (χ3v) is 4.78. The van der Waals surface area contributed by atoms with Gasteiger partial charge in [0.25, 0.3) is 0 Å². The highest BCUT2D eigenvalue weighted by molar-refractivity contribution is 7.98. The number of carbonyl (C=O) groups is 2. The number of aliphatic carboxylic acids is 1. The molecule has 7 heteroatoms. The summed E-state index contributed by atoms with van der Waals surface area (Å²) in [5, 5.41) is 17.9. The molecule has 26 heavy (non-hydrogen) atoms. The number of carbonyl (C=O) groups excluding carboxylic acids is 1. The van der Waals surface area contributed by atoms with Gasteiger partial charge in [-0.1, -0.05) is 0 Å².